The van der Waals surface area contributed by atoms with E-state index < -0.39 is 0 Å². The van der Waals surface area contributed by atoms with Crippen LogP contribution in [0.1, 0.15) is 39.3 Å². The molecule has 0 saturated carbocycles. The van der Waals surface area contributed by atoms with E-state index in [-0.39, 0.29) is 11.9 Å². The highest BCUT2D eigenvalue weighted by Crippen LogP contribution is 2.21. The fraction of sp³-hybridized carbons (Fsp3) is 0.562. The van der Waals surface area contributed by atoms with Gasteiger partial charge in [0, 0.05) is 42.4 Å². The van der Waals surface area contributed by atoms with E-state index >= 15 is 0 Å². The molecular weight excluding hydrogens is 310 g/mol. The van der Waals surface area contributed by atoms with Crippen LogP contribution < -0.4 is 5.32 Å². The molecule has 23 heavy (non-hydrogen) atoms. The summed E-state index contributed by atoms with van der Waals surface area (Å²) in [6.45, 7) is 9.05. The Morgan fingerprint density at radius 1 is 1.48 bits per heavy atom. The lowest BCUT2D eigenvalue weighted by atomic mass is 9.93. The number of carbonyl (C=O) groups excluding carboxylic acids is 1. The van der Waals surface area contributed by atoms with E-state index in [9.17, 15) is 4.79 Å². The highest BCUT2D eigenvalue weighted by molar-refractivity contribution is 7.11. The maximum absolute atomic E-state index is 12.3. The summed E-state index contributed by atoms with van der Waals surface area (Å²) in [5, 5.41) is 11.0. The molecule has 2 atom stereocenters. The summed E-state index contributed by atoms with van der Waals surface area (Å²) in [6, 6.07) is 0.219. The number of thiazole rings is 1. The van der Waals surface area contributed by atoms with E-state index in [1.54, 1.807) is 17.5 Å². The first kappa shape index (κ1) is 16.1. The van der Waals surface area contributed by atoms with Crippen molar-refractivity contribution in [3.8, 4) is 0 Å². The number of hydrogen-bond donors (Lipinski definition) is 2. The Kier molecular flexibility index (Phi) is 4.77. The molecule has 1 aliphatic rings. The first-order chi connectivity index (χ1) is 11.0. The predicted octanol–water partition coefficient (Wildman–Crippen LogP) is 2.12. The first-order valence-electron chi connectivity index (χ1n) is 7.97. The third-order valence-electron chi connectivity index (χ3n) is 4.43. The quantitative estimate of drug-likeness (QED) is 0.899. The van der Waals surface area contributed by atoms with Gasteiger partial charge in [-0.25, -0.2) is 4.98 Å². The summed E-state index contributed by atoms with van der Waals surface area (Å²) in [5.74, 6) is 0.397. The average molecular weight is 333 g/mol. The molecule has 124 valence electrons. The highest BCUT2D eigenvalue weighted by atomic mass is 32.1. The normalized spacial score (nSPS) is 22.2. The predicted molar refractivity (Wildman–Crippen MR) is 90.5 cm³/mol. The fourth-order valence-electron chi connectivity index (χ4n) is 3.11. The molecule has 0 unspecified atom stereocenters. The van der Waals surface area contributed by atoms with Crippen LogP contribution >= 0.6 is 11.3 Å². The molecular formula is C16H23N5OS. The van der Waals surface area contributed by atoms with Crippen LogP contribution in [0.25, 0.3) is 0 Å². The molecule has 3 heterocycles. The number of amides is 1. The molecule has 1 fully saturated rings. The summed E-state index contributed by atoms with van der Waals surface area (Å²) in [5.41, 5.74) is 1.45. The number of carbonyl (C=O) groups is 1. The molecule has 1 amide bonds. The van der Waals surface area contributed by atoms with Crippen LogP contribution in [0, 0.1) is 19.8 Å². The van der Waals surface area contributed by atoms with Crippen molar-refractivity contribution < 1.29 is 4.79 Å². The minimum Gasteiger partial charge on any atom is -0.349 e. The Morgan fingerprint density at radius 3 is 2.91 bits per heavy atom. The zero-order valence-corrected chi connectivity index (χ0v) is 14.6. The lowest BCUT2D eigenvalue weighted by Crippen LogP contribution is -2.49. The van der Waals surface area contributed by atoms with E-state index in [1.807, 2.05) is 20.0 Å². The average Bonchev–Trinajstić information content (AvgIpc) is 3.10. The summed E-state index contributed by atoms with van der Waals surface area (Å²) < 4.78 is 0. The van der Waals surface area contributed by atoms with E-state index in [2.05, 4.69) is 32.3 Å². The van der Waals surface area contributed by atoms with Crippen molar-refractivity contribution in [2.24, 2.45) is 5.92 Å². The maximum Gasteiger partial charge on any atom is 0.254 e. The fourth-order valence-corrected chi connectivity index (χ4v) is 3.95. The second-order valence-electron chi connectivity index (χ2n) is 6.34. The topological polar surface area (TPSA) is 73.9 Å². The van der Waals surface area contributed by atoms with Crippen molar-refractivity contribution in [3.63, 3.8) is 0 Å². The van der Waals surface area contributed by atoms with Crippen LogP contribution in [-0.2, 0) is 6.54 Å². The largest absolute Gasteiger partial charge is 0.349 e. The summed E-state index contributed by atoms with van der Waals surface area (Å²) in [7, 11) is 0. The van der Waals surface area contributed by atoms with Gasteiger partial charge in [0.05, 0.1) is 16.8 Å². The van der Waals surface area contributed by atoms with Gasteiger partial charge in [-0.15, -0.1) is 11.3 Å². The molecule has 1 saturated heterocycles. The number of aryl methyl sites for hydroxylation is 2. The van der Waals surface area contributed by atoms with Gasteiger partial charge in [0.15, 0.2) is 0 Å². The number of nitrogens with zero attached hydrogens (tertiary/aromatic N) is 3. The SMILES string of the molecule is Cc1ncc(CN2CC[C@@H](NC(=O)c3cn[nH]c3C)[C@@H](C)C2)s1. The van der Waals surface area contributed by atoms with Gasteiger partial charge >= 0.3 is 0 Å². The molecule has 3 rings (SSSR count). The molecule has 2 N–H and O–H groups in total. The Labute approximate surface area is 140 Å². The van der Waals surface area contributed by atoms with Crippen molar-refractivity contribution in [3.05, 3.63) is 33.5 Å². The number of H-pyrrole nitrogens is 1. The minimum absolute atomic E-state index is 0.0281. The van der Waals surface area contributed by atoms with Gasteiger partial charge in [-0.3, -0.25) is 14.8 Å². The van der Waals surface area contributed by atoms with Crippen molar-refractivity contribution in [1.82, 2.24) is 25.4 Å². The lowest BCUT2D eigenvalue weighted by Gasteiger charge is -2.37. The van der Waals surface area contributed by atoms with Crippen molar-refractivity contribution in [1.29, 1.82) is 0 Å². The summed E-state index contributed by atoms with van der Waals surface area (Å²) in [6.07, 6.45) is 4.54. The van der Waals surface area contributed by atoms with E-state index in [4.69, 9.17) is 0 Å². The van der Waals surface area contributed by atoms with E-state index in [1.165, 1.54) is 4.88 Å². The van der Waals surface area contributed by atoms with Gasteiger partial charge in [0.2, 0.25) is 0 Å². The van der Waals surface area contributed by atoms with Gasteiger partial charge in [-0.1, -0.05) is 6.92 Å². The number of hydrogen-bond acceptors (Lipinski definition) is 5. The number of rotatable bonds is 4. The van der Waals surface area contributed by atoms with Gasteiger partial charge in [-0.2, -0.15) is 5.10 Å². The number of nitrogens with one attached hydrogen (secondary N) is 2. The van der Waals surface area contributed by atoms with Crippen molar-refractivity contribution >= 4 is 17.2 Å². The Balaban J connectivity index is 1.54. The third kappa shape index (κ3) is 3.79. The van der Waals surface area contributed by atoms with Gasteiger partial charge in [-0.05, 0) is 26.2 Å². The molecule has 0 bridgehead atoms. The molecule has 7 heteroatoms. The Bertz CT molecular complexity index is 680. The number of aromatic amines is 1. The molecule has 0 radical (unpaired) electrons. The van der Waals surface area contributed by atoms with Crippen LogP contribution in [0.5, 0.6) is 0 Å². The number of piperidine rings is 1. The summed E-state index contributed by atoms with van der Waals surface area (Å²) in [4.78, 5) is 20.4. The van der Waals surface area contributed by atoms with Crippen LogP contribution in [0.4, 0.5) is 0 Å². The number of likely N-dealkylation sites (tertiary alicyclic amines) is 1. The second-order valence-corrected chi connectivity index (χ2v) is 7.65. The van der Waals surface area contributed by atoms with E-state index in [0.29, 0.717) is 11.5 Å². The number of aromatic nitrogens is 3. The minimum atomic E-state index is -0.0281. The third-order valence-corrected chi connectivity index (χ3v) is 5.33. The molecule has 2 aromatic rings. The molecule has 1 aliphatic heterocycles. The lowest BCUT2D eigenvalue weighted by molar-refractivity contribution is 0.0861. The summed E-state index contributed by atoms with van der Waals surface area (Å²) >= 11 is 1.76. The zero-order chi connectivity index (χ0) is 16.4. The van der Waals surface area contributed by atoms with Crippen LogP contribution in [0.3, 0.4) is 0 Å². The van der Waals surface area contributed by atoms with Crippen molar-refractivity contribution in [2.75, 3.05) is 13.1 Å². The Hall–Kier alpha value is -1.73. The molecule has 6 nitrogen and oxygen atoms in total. The van der Waals surface area contributed by atoms with Crippen LogP contribution in [0.15, 0.2) is 12.4 Å². The van der Waals surface area contributed by atoms with Crippen LogP contribution in [-0.4, -0.2) is 45.1 Å². The highest BCUT2D eigenvalue weighted by Gasteiger charge is 2.28. The maximum atomic E-state index is 12.3. The standard InChI is InChI=1S/C16H23N5OS/c1-10-8-21(9-13-6-17-12(3)23-13)5-4-15(10)19-16(22)14-7-18-20-11(14)2/h6-7,10,15H,4-5,8-9H2,1-3H3,(H,18,20)(H,19,22)/t10-,15+/m0/s1. The second kappa shape index (κ2) is 6.80. The first-order valence-corrected chi connectivity index (χ1v) is 8.79. The smallest absolute Gasteiger partial charge is 0.254 e. The molecule has 0 aromatic carbocycles. The monoisotopic (exact) mass is 333 g/mol. The molecule has 0 spiro atoms. The van der Waals surface area contributed by atoms with Gasteiger partial charge < -0.3 is 5.32 Å². The Morgan fingerprint density at radius 2 is 2.30 bits per heavy atom. The van der Waals surface area contributed by atoms with Gasteiger partial charge in [0.1, 0.15) is 0 Å². The zero-order valence-electron chi connectivity index (χ0n) is 13.8. The van der Waals surface area contributed by atoms with E-state index in [0.717, 1.165) is 36.8 Å². The molecule has 0 aliphatic carbocycles. The van der Waals surface area contributed by atoms with Gasteiger partial charge in [0.25, 0.3) is 5.91 Å². The van der Waals surface area contributed by atoms with Crippen LogP contribution in [0.2, 0.25) is 0 Å². The van der Waals surface area contributed by atoms with Crippen molar-refractivity contribution in [2.45, 2.75) is 39.8 Å². The molecule has 2 aromatic heterocycles.